The first-order valence-electron chi connectivity index (χ1n) is 5.46. The number of nitrogens with one attached hydrogen (secondary N) is 2. The molecule has 5 nitrogen and oxygen atoms in total. The monoisotopic (exact) mass is 237 g/mol. The van der Waals surface area contributed by atoms with Crippen molar-refractivity contribution in [2.45, 2.75) is 0 Å². The van der Waals surface area contributed by atoms with Crippen molar-refractivity contribution in [1.29, 1.82) is 0 Å². The average Bonchev–Trinajstić information content (AvgIpc) is 2.39. The van der Waals surface area contributed by atoms with E-state index in [1.54, 1.807) is 14.2 Å². The Balaban J connectivity index is 2.36. The Labute approximate surface area is 102 Å². The van der Waals surface area contributed by atoms with Crippen LogP contribution in [0.4, 0.5) is 0 Å². The SMILES string of the molecule is CN=C(NC)NCCOc1ccccc1OC. The predicted molar refractivity (Wildman–Crippen MR) is 68.9 cm³/mol. The van der Waals surface area contributed by atoms with Gasteiger partial charge in [-0.25, -0.2) is 0 Å². The van der Waals surface area contributed by atoms with Gasteiger partial charge in [0.25, 0.3) is 0 Å². The molecule has 0 radical (unpaired) electrons. The largest absolute Gasteiger partial charge is 0.493 e. The van der Waals surface area contributed by atoms with Crippen LogP contribution in [0.5, 0.6) is 11.5 Å². The van der Waals surface area contributed by atoms with Crippen molar-refractivity contribution in [3.05, 3.63) is 24.3 Å². The van der Waals surface area contributed by atoms with E-state index in [1.165, 1.54) is 0 Å². The molecule has 0 aromatic heterocycles. The van der Waals surface area contributed by atoms with Gasteiger partial charge in [-0.1, -0.05) is 12.1 Å². The Hall–Kier alpha value is -1.91. The summed E-state index contributed by atoms with van der Waals surface area (Å²) in [6, 6.07) is 7.58. The van der Waals surface area contributed by atoms with Gasteiger partial charge < -0.3 is 20.1 Å². The fourth-order valence-electron chi connectivity index (χ4n) is 1.35. The van der Waals surface area contributed by atoms with Gasteiger partial charge in [-0.15, -0.1) is 0 Å². The number of ether oxygens (including phenoxy) is 2. The molecule has 0 spiro atoms. The lowest BCUT2D eigenvalue weighted by atomic mass is 10.3. The highest BCUT2D eigenvalue weighted by atomic mass is 16.5. The van der Waals surface area contributed by atoms with E-state index in [9.17, 15) is 0 Å². The zero-order chi connectivity index (χ0) is 12.5. The topological polar surface area (TPSA) is 54.9 Å². The Morgan fingerprint density at radius 2 is 2.00 bits per heavy atom. The van der Waals surface area contributed by atoms with Crippen LogP contribution in [0.2, 0.25) is 0 Å². The van der Waals surface area contributed by atoms with Gasteiger partial charge in [-0.2, -0.15) is 0 Å². The molecule has 0 saturated carbocycles. The van der Waals surface area contributed by atoms with Crippen LogP contribution in [-0.4, -0.2) is 40.3 Å². The minimum Gasteiger partial charge on any atom is -0.493 e. The highest BCUT2D eigenvalue weighted by molar-refractivity contribution is 5.79. The van der Waals surface area contributed by atoms with Crippen molar-refractivity contribution < 1.29 is 9.47 Å². The number of aliphatic imine (C=N–C) groups is 1. The van der Waals surface area contributed by atoms with Crippen LogP contribution in [0, 0.1) is 0 Å². The minimum absolute atomic E-state index is 0.543. The Bertz CT molecular complexity index is 367. The number of hydrogen-bond donors (Lipinski definition) is 2. The van der Waals surface area contributed by atoms with Crippen LogP contribution in [0.3, 0.4) is 0 Å². The average molecular weight is 237 g/mol. The van der Waals surface area contributed by atoms with Gasteiger partial charge in [0, 0.05) is 14.1 Å². The summed E-state index contributed by atoms with van der Waals surface area (Å²) in [6.45, 7) is 1.21. The van der Waals surface area contributed by atoms with Gasteiger partial charge in [-0.3, -0.25) is 4.99 Å². The van der Waals surface area contributed by atoms with E-state index in [-0.39, 0.29) is 0 Å². The molecule has 17 heavy (non-hydrogen) atoms. The third kappa shape index (κ3) is 4.22. The minimum atomic E-state index is 0.543. The summed E-state index contributed by atoms with van der Waals surface area (Å²) in [5, 5.41) is 6.03. The van der Waals surface area contributed by atoms with Gasteiger partial charge in [0.1, 0.15) is 6.61 Å². The Morgan fingerprint density at radius 1 is 1.29 bits per heavy atom. The first kappa shape index (κ1) is 13.2. The van der Waals surface area contributed by atoms with E-state index in [0.29, 0.717) is 13.2 Å². The van der Waals surface area contributed by atoms with E-state index in [0.717, 1.165) is 17.5 Å². The second-order valence-corrected chi connectivity index (χ2v) is 3.25. The van der Waals surface area contributed by atoms with Crippen LogP contribution in [0.25, 0.3) is 0 Å². The summed E-state index contributed by atoms with van der Waals surface area (Å²) >= 11 is 0. The third-order valence-corrected chi connectivity index (χ3v) is 2.18. The van der Waals surface area contributed by atoms with Crippen LogP contribution in [-0.2, 0) is 0 Å². The summed E-state index contributed by atoms with van der Waals surface area (Å²) in [7, 11) is 5.17. The summed E-state index contributed by atoms with van der Waals surface area (Å²) in [5.74, 6) is 2.23. The van der Waals surface area contributed by atoms with E-state index in [1.807, 2.05) is 31.3 Å². The normalized spacial score (nSPS) is 10.9. The molecule has 1 aromatic rings. The van der Waals surface area contributed by atoms with Gasteiger partial charge in [-0.05, 0) is 12.1 Å². The molecular weight excluding hydrogens is 218 g/mol. The van der Waals surface area contributed by atoms with Crippen molar-refractivity contribution in [3.8, 4) is 11.5 Å². The zero-order valence-corrected chi connectivity index (χ0v) is 10.5. The second kappa shape index (κ2) is 7.38. The molecule has 5 heteroatoms. The molecule has 1 rings (SSSR count). The van der Waals surface area contributed by atoms with E-state index >= 15 is 0 Å². The molecule has 0 unspecified atom stereocenters. The van der Waals surface area contributed by atoms with Crippen molar-refractivity contribution in [2.24, 2.45) is 4.99 Å². The molecule has 0 saturated heterocycles. The number of benzene rings is 1. The van der Waals surface area contributed by atoms with E-state index < -0.39 is 0 Å². The maximum Gasteiger partial charge on any atom is 0.190 e. The van der Waals surface area contributed by atoms with Crippen molar-refractivity contribution in [2.75, 3.05) is 34.4 Å². The maximum atomic E-state index is 5.60. The number of rotatable bonds is 5. The summed E-state index contributed by atoms with van der Waals surface area (Å²) < 4.78 is 10.8. The van der Waals surface area contributed by atoms with Crippen molar-refractivity contribution in [3.63, 3.8) is 0 Å². The number of nitrogens with zero attached hydrogens (tertiary/aromatic N) is 1. The number of methoxy groups -OCH3 is 1. The lowest BCUT2D eigenvalue weighted by Gasteiger charge is -2.11. The molecule has 0 atom stereocenters. The molecule has 0 aliphatic heterocycles. The first-order chi connectivity index (χ1) is 8.31. The van der Waals surface area contributed by atoms with E-state index in [4.69, 9.17) is 9.47 Å². The van der Waals surface area contributed by atoms with Crippen molar-refractivity contribution >= 4 is 5.96 Å². The second-order valence-electron chi connectivity index (χ2n) is 3.25. The lowest BCUT2D eigenvalue weighted by molar-refractivity contribution is 0.298. The predicted octanol–water partition coefficient (Wildman–Crippen LogP) is 0.869. The first-order valence-corrected chi connectivity index (χ1v) is 5.46. The molecule has 0 aliphatic rings. The van der Waals surface area contributed by atoms with Crippen LogP contribution < -0.4 is 20.1 Å². The number of para-hydroxylation sites is 2. The maximum absolute atomic E-state index is 5.60. The summed E-state index contributed by atoms with van der Waals surface area (Å²) in [4.78, 5) is 4.00. The molecule has 0 heterocycles. The number of guanidine groups is 1. The smallest absolute Gasteiger partial charge is 0.190 e. The van der Waals surface area contributed by atoms with Crippen LogP contribution in [0.1, 0.15) is 0 Å². The Morgan fingerprint density at radius 3 is 2.59 bits per heavy atom. The molecule has 0 amide bonds. The van der Waals surface area contributed by atoms with Crippen molar-refractivity contribution in [1.82, 2.24) is 10.6 Å². The Kier molecular flexibility index (Phi) is 5.71. The third-order valence-electron chi connectivity index (χ3n) is 2.18. The van der Waals surface area contributed by atoms with Gasteiger partial charge in [0.05, 0.1) is 13.7 Å². The fourth-order valence-corrected chi connectivity index (χ4v) is 1.35. The number of hydrogen-bond acceptors (Lipinski definition) is 3. The molecule has 94 valence electrons. The highest BCUT2D eigenvalue weighted by Gasteiger charge is 2.01. The zero-order valence-electron chi connectivity index (χ0n) is 10.5. The van der Waals surface area contributed by atoms with Gasteiger partial charge in [0.2, 0.25) is 0 Å². The highest BCUT2D eigenvalue weighted by Crippen LogP contribution is 2.25. The molecular formula is C12H19N3O2. The molecule has 1 aromatic carbocycles. The summed E-state index contributed by atoms with van der Waals surface area (Å²) in [6.07, 6.45) is 0. The molecule has 2 N–H and O–H groups in total. The standard InChI is InChI=1S/C12H19N3O2/c1-13-12(14-2)15-8-9-17-11-7-5-4-6-10(11)16-3/h4-7H,8-9H2,1-3H3,(H2,13,14,15). The van der Waals surface area contributed by atoms with Gasteiger partial charge >= 0.3 is 0 Å². The fraction of sp³-hybridized carbons (Fsp3) is 0.417. The van der Waals surface area contributed by atoms with Crippen LogP contribution in [0.15, 0.2) is 29.3 Å². The molecule has 0 fully saturated rings. The molecule has 0 aliphatic carbocycles. The molecule has 0 bridgehead atoms. The lowest BCUT2D eigenvalue weighted by Crippen LogP contribution is -2.37. The quantitative estimate of drug-likeness (QED) is 0.453. The summed E-state index contributed by atoms with van der Waals surface area (Å²) in [5.41, 5.74) is 0. The van der Waals surface area contributed by atoms with Gasteiger partial charge in [0.15, 0.2) is 17.5 Å². The van der Waals surface area contributed by atoms with E-state index in [2.05, 4.69) is 15.6 Å². The van der Waals surface area contributed by atoms with Crippen LogP contribution >= 0.6 is 0 Å².